The number of carbonyl (C=O) groups is 1. The first kappa shape index (κ1) is 12.5. The van der Waals surface area contributed by atoms with Gasteiger partial charge in [-0.3, -0.25) is 4.79 Å². The van der Waals surface area contributed by atoms with Gasteiger partial charge in [0.2, 0.25) is 5.91 Å². The number of aliphatic hydroxyl groups is 1. The Labute approximate surface area is 91.6 Å². The Morgan fingerprint density at radius 3 is 2.67 bits per heavy atom. The van der Waals surface area contributed by atoms with E-state index in [2.05, 4.69) is 5.32 Å². The highest BCUT2D eigenvalue weighted by Crippen LogP contribution is 2.08. The van der Waals surface area contributed by atoms with Crippen LogP contribution in [0.2, 0.25) is 0 Å². The minimum absolute atomic E-state index is 0.165. The van der Waals surface area contributed by atoms with Gasteiger partial charge in [0.1, 0.15) is 0 Å². The molecule has 2 N–H and O–H groups in total. The molecule has 1 heterocycles. The SMILES string of the molecule is CCC(O)CNCC(=O)N1CCCCC1. The summed E-state index contributed by atoms with van der Waals surface area (Å²) in [5.74, 6) is 0.165. The molecule has 0 aromatic heterocycles. The maximum Gasteiger partial charge on any atom is 0.236 e. The van der Waals surface area contributed by atoms with E-state index in [9.17, 15) is 9.90 Å². The van der Waals surface area contributed by atoms with Crippen molar-refractivity contribution in [2.45, 2.75) is 38.7 Å². The Kier molecular flexibility index (Phi) is 5.65. The molecule has 0 aromatic rings. The number of aliphatic hydroxyl groups excluding tert-OH is 1. The van der Waals surface area contributed by atoms with E-state index >= 15 is 0 Å². The number of amides is 1. The van der Waals surface area contributed by atoms with E-state index in [-0.39, 0.29) is 12.0 Å². The van der Waals surface area contributed by atoms with Crippen molar-refractivity contribution >= 4 is 5.91 Å². The van der Waals surface area contributed by atoms with Gasteiger partial charge < -0.3 is 15.3 Å². The third-order valence-corrected chi connectivity index (χ3v) is 2.84. The minimum atomic E-state index is -0.334. The summed E-state index contributed by atoms with van der Waals surface area (Å²) in [6.07, 6.45) is 3.89. The van der Waals surface area contributed by atoms with Crippen LogP contribution in [0, 0.1) is 0 Å². The van der Waals surface area contributed by atoms with Crippen molar-refractivity contribution in [2.75, 3.05) is 26.2 Å². The van der Waals surface area contributed by atoms with Gasteiger partial charge in [-0.2, -0.15) is 0 Å². The molecule has 0 bridgehead atoms. The third kappa shape index (κ3) is 4.62. The largest absolute Gasteiger partial charge is 0.392 e. The van der Waals surface area contributed by atoms with E-state index in [4.69, 9.17) is 0 Å². The summed E-state index contributed by atoms with van der Waals surface area (Å²) in [5, 5.41) is 12.3. The molecule has 0 aliphatic carbocycles. The summed E-state index contributed by atoms with van der Waals surface area (Å²) in [5.41, 5.74) is 0. The summed E-state index contributed by atoms with van der Waals surface area (Å²) >= 11 is 0. The number of rotatable bonds is 5. The van der Waals surface area contributed by atoms with E-state index in [0.29, 0.717) is 13.1 Å². The van der Waals surface area contributed by atoms with Gasteiger partial charge in [0.05, 0.1) is 12.6 Å². The van der Waals surface area contributed by atoms with E-state index in [1.807, 2.05) is 11.8 Å². The van der Waals surface area contributed by atoms with Crippen LogP contribution < -0.4 is 5.32 Å². The predicted molar refractivity (Wildman–Crippen MR) is 59.6 cm³/mol. The molecule has 15 heavy (non-hydrogen) atoms. The van der Waals surface area contributed by atoms with Gasteiger partial charge in [-0.1, -0.05) is 6.92 Å². The molecule has 1 unspecified atom stereocenters. The summed E-state index contributed by atoms with van der Waals surface area (Å²) in [4.78, 5) is 13.6. The molecule has 0 saturated carbocycles. The van der Waals surface area contributed by atoms with Crippen LogP contribution >= 0.6 is 0 Å². The first-order chi connectivity index (χ1) is 7.24. The highest BCUT2D eigenvalue weighted by Gasteiger charge is 2.15. The van der Waals surface area contributed by atoms with Gasteiger partial charge in [0.15, 0.2) is 0 Å². The molecule has 88 valence electrons. The molecule has 4 nitrogen and oxygen atoms in total. The van der Waals surface area contributed by atoms with Gasteiger partial charge in [-0.25, -0.2) is 0 Å². The zero-order valence-corrected chi connectivity index (χ0v) is 9.54. The van der Waals surface area contributed by atoms with Crippen LogP contribution in [0.3, 0.4) is 0 Å². The molecule has 1 rings (SSSR count). The molecule has 1 atom stereocenters. The van der Waals surface area contributed by atoms with Gasteiger partial charge in [0.25, 0.3) is 0 Å². The normalized spacial score (nSPS) is 18.9. The predicted octanol–water partition coefficient (Wildman–Crippen LogP) is 0.359. The molecule has 4 heteroatoms. The maximum atomic E-state index is 11.6. The fourth-order valence-corrected chi connectivity index (χ4v) is 1.75. The quantitative estimate of drug-likeness (QED) is 0.695. The first-order valence-electron chi connectivity index (χ1n) is 5.90. The third-order valence-electron chi connectivity index (χ3n) is 2.84. The van der Waals surface area contributed by atoms with Crippen molar-refractivity contribution < 1.29 is 9.90 Å². The first-order valence-corrected chi connectivity index (χ1v) is 5.90. The van der Waals surface area contributed by atoms with Crippen LogP contribution in [0.5, 0.6) is 0 Å². The van der Waals surface area contributed by atoms with Crippen LogP contribution in [0.1, 0.15) is 32.6 Å². The zero-order valence-electron chi connectivity index (χ0n) is 9.54. The average molecular weight is 214 g/mol. The summed E-state index contributed by atoms with van der Waals surface area (Å²) < 4.78 is 0. The van der Waals surface area contributed by atoms with Crippen molar-refractivity contribution in [1.29, 1.82) is 0 Å². The number of nitrogens with one attached hydrogen (secondary N) is 1. The summed E-state index contributed by atoms with van der Waals surface area (Å²) in [6, 6.07) is 0. The van der Waals surface area contributed by atoms with Gasteiger partial charge in [0, 0.05) is 19.6 Å². The standard InChI is InChI=1S/C11H22N2O2/c1-2-10(14)8-12-9-11(15)13-6-4-3-5-7-13/h10,12,14H,2-9H2,1H3. The number of carbonyl (C=O) groups excluding carboxylic acids is 1. The molecular weight excluding hydrogens is 192 g/mol. The van der Waals surface area contributed by atoms with Gasteiger partial charge in [-0.05, 0) is 25.7 Å². The van der Waals surface area contributed by atoms with Crippen LogP contribution in [-0.4, -0.2) is 48.2 Å². The highest BCUT2D eigenvalue weighted by molar-refractivity contribution is 5.78. The average Bonchev–Trinajstić information content (AvgIpc) is 2.29. The monoisotopic (exact) mass is 214 g/mol. The van der Waals surface area contributed by atoms with Crippen molar-refractivity contribution in [3.05, 3.63) is 0 Å². The molecule has 1 saturated heterocycles. The van der Waals surface area contributed by atoms with Crippen LogP contribution in [0.4, 0.5) is 0 Å². The second kappa shape index (κ2) is 6.80. The summed E-state index contributed by atoms with van der Waals surface area (Å²) in [6.45, 7) is 4.60. The topological polar surface area (TPSA) is 52.6 Å². The molecule has 1 fully saturated rings. The fourth-order valence-electron chi connectivity index (χ4n) is 1.75. The van der Waals surface area contributed by atoms with Crippen molar-refractivity contribution in [2.24, 2.45) is 0 Å². The molecule has 1 aliphatic rings. The molecule has 1 amide bonds. The Morgan fingerprint density at radius 1 is 1.40 bits per heavy atom. The Morgan fingerprint density at radius 2 is 2.07 bits per heavy atom. The van der Waals surface area contributed by atoms with Crippen LogP contribution in [0.25, 0.3) is 0 Å². The lowest BCUT2D eigenvalue weighted by molar-refractivity contribution is -0.131. The van der Waals surface area contributed by atoms with Crippen LogP contribution in [-0.2, 0) is 4.79 Å². The molecule has 1 aliphatic heterocycles. The summed E-state index contributed by atoms with van der Waals surface area (Å²) in [7, 11) is 0. The van der Waals surface area contributed by atoms with Crippen molar-refractivity contribution in [3.63, 3.8) is 0 Å². The lowest BCUT2D eigenvalue weighted by atomic mass is 10.1. The minimum Gasteiger partial charge on any atom is -0.392 e. The Hall–Kier alpha value is -0.610. The van der Waals surface area contributed by atoms with Gasteiger partial charge in [-0.15, -0.1) is 0 Å². The Bertz CT molecular complexity index is 191. The number of hydrogen-bond acceptors (Lipinski definition) is 3. The number of nitrogens with zero attached hydrogens (tertiary/aromatic N) is 1. The zero-order chi connectivity index (χ0) is 11.1. The van der Waals surface area contributed by atoms with E-state index in [1.165, 1.54) is 6.42 Å². The second-order valence-electron chi connectivity index (χ2n) is 4.13. The lowest BCUT2D eigenvalue weighted by Gasteiger charge is -2.26. The van der Waals surface area contributed by atoms with Crippen molar-refractivity contribution in [3.8, 4) is 0 Å². The number of piperidine rings is 1. The second-order valence-corrected chi connectivity index (χ2v) is 4.13. The molecular formula is C11H22N2O2. The highest BCUT2D eigenvalue weighted by atomic mass is 16.3. The number of hydrogen-bond donors (Lipinski definition) is 2. The maximum absolute atomic E-state index is 11.6. The molecule has 0 spiro atoms. The van der Waals surface area contributed by atoms with E-state index in [0.717, 1.165) is 32.4 Å². The van der Waals surface area contributed by atoms with E-state index < -0.39 is 0 Å². The number of likely N-dealkylation sites (tertiary alicyclic amines) is 1. The molecule has 0 aromatic carbocycles. The Balaban J connectivity index is 2.12. The van der Waals surface area contributed by atoms with E-state index in [1.54, 1.807) is 0 Å². The van der Waals surface area contributed by atoms with Crippen LogP contribution in [0.15, 0.2) is 0 Å². The smallest absolute Gasteiger partial charge is 0.236 e. The lowest BCUT2D eigenvalue weighted by Crippen LogP contribution is -2.42. The van der Waals surface area contributed by atoms with Crippen molar-refractivity contribution in [1.82, 2.24) is 10.2 Å². The molecule has 0 radical (unpaired) electrons. The fraction of sp³-hybridized carbons (Fsp3) is 0.909. The van der Waals surface area contributed by atoms with Gasteiger partial charge >= 0.3 is 0 Å².